The molecular formula is C10H13O5P. The van der Waals surface area contributed by atoms with Gasteiger partial charge < -0.3 is 18.9 Å². The van der Waals surface area contributed by atoms with Crippen LogP contribution in [0.4, 0.5) is 0 Å². The largest absolute Gasteiger partial charge is 0.427 e. The zero-order valence-electron chi connectivity index (χ0n) is 8.61. The molecule has 1 N–H and O–H groups in total. The molecule has 1 aromatic carbocycles. The molecule has 0 spiro atoms. The van der Waals surface area contributed by atoms with Crippen LogP contribution in [0.2, 0.25) is 0 Å². The number of hydrogen-bond donors (Lipinski definition) is 1. The van der Waals surface area contributed by atoms with Crippen LogP contribution in [0.25, 0.3) is 0 Å². The van der Waals surface area contributed by atoms with Crippen molar-refractivity contribution in [1.29, 1.82) is 0 Å². The standard InChI is InChI=1S/C10H13O5P/c11-16(14-9-4-2-1-3-5-9)15-10-8-12-6-7-13-10/h1-5,10-11H,6-8H2. The molecule has 5 nitrogen and oxygen atoms in total. The first-order valence-electron chi connectivity index (χ1n) is 4.93. The van der Waals surface area contributed by atoms with Crippen molar-refractivity contribution in [3.63, 3.8) is 0 Å². The predicted molar refractivity (Wildman–Crippen MR) is 57.9 cm³/mol. The summed E-state index contributed by atoms with van der Waals surface area (Å²) in [6.07, 6.45) is -0.548. The van der Waals surface area contributed by atoms with Crippen LogP contribution in [-0.2, 0) is 14.0 Å². The van der Waals surface area contributed by atoms with E-state index in [4.69, 9.17) is 18.5 Å². The summed E-state index contributed by atoms with van der Waals surface area (Å²) in [5.41, 5.74) is 0. The Labute approximate surface area is 94.9 Å². The molecule has 0 saturated carbocycles. The summed E-state index contributed by atoms with van der Waals surface area (Å²) >= 11 is 0. The van der Waals surface area contributed by atoms with Crippen molar-refractivity contribution >= 4 is 8.60 Å². The van der Waals surface area contributed by atoms with Gasteiger partial charge in [-0.15, -0.1) is 0 Å². The molecule has 0 radical (unpaired) electrons. The lowest BCUT2D eigenvalue weighted by Gasteiger charge is -2.24. The molecule has 1 fully saturated rings. The zero-order valence-corrected chi connectivity index (χ0v) is 9.51. The summed E-state index contributed by atoms with van der Waals surface area (Å²) < 4.78 is 20.7. The lowest BCUT2D eigenvalue weighted by Crippen LogP contribution is -2.29. The number of hydrogen-bond acceptors (Lipinski definition) is 5. The van der Waals surface area contributed by atoms with Crippen molar-refractivity contribution in [2.45, 2.75) is 6.29 Å². The maximum Gasteiger partial charge on any atom is 0.396 e. The first-order chi connectivity index (χ1) is 7.84. The maximum absolute atomic E-state index is 9.54. The molecule has 1 aliphatic rings. The lowest BCUT2D eigenvalue weighted by atomic mass is 10.3. The van der Waals surface area contributed by atoms with E-state index < -0.39 is 14.9 Å². The summed E-state index contributed by atoms with van der Waals surface area (Å²) in [6.45, 7) is 1.35. The highest BCUT2D eigenvalue weighted by atomic mass is 31.2. The van der Waals surface area contributed by atoms with Crippen LogP contribution in [0.3, 0.4) is 0 Å². The van der Waals surface area contributed by atoms with Crippen LogP contribution in [0.5, 0.6) is 5.75 Å². The lowest BCUT2D eigenvalue weighted by molar-refractivity contribution is -0.173. The van der Waals surface area contributed by atoms with E-state index in [2.05, 4.69) is 0 Å². The normalized spacial score (nSPS) is 22.7. The molecule has 2 atom stereocenters. The van der Waals surface area contributed by atoms with E-state index in [1.54, 1.807) is 12.1 Å². The van der Waals surface area contributed by atoms with E-state index >= 15 is 0 Å². The Balaban J connectivity index is 1.77. The van der Waals surface area contributed by atoms with Gasteiger partial charge in [0.1, 0.15) is 5.75 Å². The second kappa shape index (κ2) is 6.13. The molecule has 1 aromatic rings. The third-order valence-electron chi connectivity index (χ3n) is 1.92. The fourth-order valence-electron chi connectivity index (χ4n) is 1.22. The highest BCUT2D eigenvalue weighted by Gasteiger charge is 2.21. The average molecular weight is 244 g/mol. The molecule has 0 amide bonds. The van der Waals surface area contributed by atoms with Crippen LogP contribution in [0, 0.1) is 0 Å². The molecule has 0 aliphatic carbocycles. The average Bonchev–Trinajstić information content (AvgIpc) is 2.31. The molecule has 0 bridgehead atoms. The molecular weight excluding hydrogens is 231 g/mol. The van der Waals surface area contributed by atoms with Crippen molar-refractivity contribution < 1.29 is 23.4 Å². The van der Waals surface area contributed by atoms with Crippen LogP contribution < -0.4 is 4.52 Å². The first-order valence-corrected chi connectivity index (χ1v) is 6.06. The summed E-state index contributed by atoms with van der Waals surface area (Å²) in [5, 5.41) is 0. The Morgan fingerprint density at radius 2 is 2.06 bits per heavy atom. The van der Waals surface area contributed by atoms with Gasteiger partial charge in [-0.3, -0.25) is 4.52 Å². The topological polar surface area (TPSA) is 57.2 Å². The second-order valence-corrected chi connectivity index (χ2v) is 3.99. The van der Waals surface area contributed by atoms with Gasteiger partial charge >= 0.3 is 8.60 Å². The van der Waals surface area contributed by atoms with E-state index in [1.165, 1.54) is 0 Å². The fraction of sp³-hybridized carbons (Fsp3) is 0.400. The second-order valence-electron chi connectivity index (χ2n) is 3.12. The van der Waals surface area contributed by atoms with Gasteiger partial charge in [0.05, 0.1) is 19.8 Å². The molecule has 0 aromatic heterocycles. The molecule has 1 heterocycles. The SMILES string of the molecule is OP(Oc1ccccc1)OC1COCCO1. The van der Waals surface area contributed by atoms with Gasteiger partial charge in [-0.1, -0.05) is 18.2 Å². The first kappa shape index (κ1) is 11.8. The van der Waals surface area contributed by atoms with E-state index in [-0.39, 0.29) is 0 Å². The quantitative estimate of drug-likeness (QED) is 0.816. The Morgan fingerprint density at radius 3 is 2.75 bits per heavy atom. The van der Waals surface area contributed by atoms with Crippen LogP contribution in [0.15, 0.2) is 30.3 Å². The van der Waals surface area contributed by atoms with E-state index in [0.717, 1.165) is 0 Å². The van der Waals surface area contributed by atoms with Crippen molar-refractivity contribution in [2.24, 2.45) is 0 Å². The van der Waals surface area contributed by atoms with E-state index in [1.807, 2.05) is 18.2 Å². The Morgan fingerprint density at radius 1 is 1.25 bits per heavy atom. The van der Waals surface area contributed by atoms with Crippen molar-refractivity contribution in [3.05, 3.63) is 30.3 Å². The molecule has 1 aliphatic heterocycles. The monoisotopic (exact) mass is 244 g/mol. The van der Waals surface area contributed by atoms with E-state index in [9.17, 15) is 4.89 Å². The van der Waals surface area contributed by atoms with Gasteiger partial charge in [0.25, 0.3) is 0 Å². The third-order valence-corrected chi connectivity index (χ3v) is 2.70. The Hall–Kier alpha value is -0.710. The van der Waals surface area contributed by atoms with Gasteiger partial charge in [-0.05, 0) is 12.1 Å². The molecule has 88 valence electrons. The zero-order chi connectivity index (χ0) is 11.2. The minimum atomic E-state index is -1.98. The minimum absolute atomic E-state index is 0.317. The maximum atomic E-state index is 9.54. The Bertz CT molecular complexity index is 301. The number of ether oxygens (including phenoxy) is 2. The van der Waals surface area contributed by atoms with Crippen molar-refractivity contribution in [3.8, 4) is 5.75 Å². The highest BCUT2D eigenvalue weighted by molar-refractivity contribution is 7.41. The summed E-state index contributed by atoms with van der Waals surface area (Å²) in [7, 11) is -1.98. The highest BCUT2D eigenvalue weighted by Crippen LogP contribution is 2.36. The molecule has 2 unspecified atom stereocenters. The molecule has 1 saturated heterocycles. The third kappa shape index (κ3) is 3.70. The van der Waals surface area contributed by atoms with Gasteiger partial charge in [0.2, 0.25) is 0 Å². The molecule has 6 heteroatoms. The summed E-state index contributed by atoms with van der Waals surface area (Å²) in [5.74, 6) is 0.563. The van der Waals surface area contributed by atoms with Crippen LogP contribution in [0.1, 0.15) is 0 Å². The number of rotatable bonds is 4. The minimum Gasteiger partial charge on any atom is -0.427 e. The van der Waals surface area contributed by atoms with Crippen molar-refractivity contribution in [1.82, 2.24) is 0 Å². The van der Waals surface area contributed by atoms with Crippen LogP contribution in [-0.4, -0.2) is 31.0 Å². The smallest absolute Gasteiger partial charge is 0.396 e. The predicted octanol–water partition coefficient (Wildman–Crippen LogP) is 1.67. The van der Waals surface area contributed by atoms with Crippen LogP contribution >= 0.6 is 8.60 Å². The fourth-order valence-corrected chi connectivity index (χ4v) is 1.89. The molecule has 16 heavy (non-hydrogen) atoms. The molecule has 2 rings (SSSR count). The van der Waals surface area contributed by atoms with E-state index in [0.29, 0.717) is 25.6 Å². The number of benzene rings is 1. The summed E-state index contributed by atoms with van der Waals surface area (Å²) in [6, 6.07) is 8.99. The van der Waals surface area contributed by atoms with Crippen molar-refractivity contribution in [2.75, 3.05) is 19.8 Å². The van der Waals surface area contributed by atoms with Gasteiger partial charge in [-0.25, -0.2) is 0 Å². The summed E-state index contributed by atoms with van der Waals surface area (Å²) in [4.78, 5) is 9.54. The van der Waals surface area contributed by atoms with Gasteiger partial charge in [0.15, 0.2) is 6.29 Å². The van der Waals surface area contributed by atoms with Gasteiger partial charge in [0, 0.05) is 0 Å². The number of para-hydroxylation sites is 1. The van der Waals surface area contributed by atoms with Gasteiger partial charge in [-0.2, -0.15) is 0 Å². The Kier molecular flexibility index (Phi) is 4.51.